The maximum atomic E-state index is 12.8. The highest BCUT2D eigenvalue weighted by Crippen LogP contribution is 2.29. The van der Waals surface area contributed by atoms with Gasteiger partial charge in [-0.2, -0.15) is 13.2 Å². The lowest BCUT2D eigenvalue weighted by atomic mass is 10.0. The number of halogens is 3. The summed E-state index contributed by atoms with van der Waals surface area (Å²) >= 11 is 0. The normalized spacial score (nSPS) is 12.1. The molecule has 3 aromatic carbocycles. The highest BCUT2D eigenvalue weighted by molar-refractivity contribution is 6.01. The number of nitrogens with one attached hydrogen (secondary N) is 2. The van der Waals surface area contributed by atoms with Crippen LogP contribution in [0.2, 0.25) is 0 Å². The molecule has 154 valence electrons. The van der Waals surface area contributed by atoms with Crippen LogP contribution in [0.5, 0.6) is 0 Å². The van der Waals surface area contributed by atoms with Crippen LogP contribution >= 0.6 is 0 Å². The molecule has 30 heavy (non-hydrogen) atoms. The summed E-state index contributed by atoms with van der Waals surface area (Å²) in [6.07, 6.45) is -4.23. The predicted octanol–water partition coefficient (Wildman–Crippen LogP) is 4.69. The van der Waals surface area contributed by atoms with Gasteiger partial charge < -0.3 is 10.6 Å². The molecule has 7 heteroatoms. The van der Waals surface area contributed by atoms with Crippen LogP contribution < -0.4 is 10.6 Å². The van der Waals surface area contributed by atoms with Gasteiger partial charge in [-0.15, -0.1) is 0 Å². The third kappa shape index (κ3) is 5.70. The van der Waals surface area contributed by atoms with Gasteiger partial charge in [0.2, 0.25) is 5.91 Å². The minimum absolute atomic E-state index is 0.208. The fourth-order valence-electron chi connectivity index (χ4n) is 2.86. The monoisotopic (exact) mass is 412 g/mol. The first-order valence-corrected chi connectivity index (χ1v) is 9.21. The molecule has 0 radical (unpaired) electrons. The van der Waals surface area contributed by atoms with E-state index in [2.05, 4.69) is 10.6 Å². The zero-order chi connectivity index (χ0) is 21.6. The Morgan fingerprint density at radius 2 is 1.37 bits per heavy atom. The standard InChI is InChI=1S/C23H19F3N2O2/c24-23(25,26)18-11-13-19(14-12-18)27-22(30)20(15-16-7-3-1-4-8-16)28-21(29)17-9-5-2-6-10-17/h1-14,20H,15H2,(H,27,30)(H,28,29). The van der Waals surface area contributed by atoms with Crippen molar-refractivity contribution in [1.29, 1.82) is 0 Å². The molecule has 0 saturated heterocycles. The first-order valence-electron chi connectivity index (χ1n) is 9.21. The van der Waals surface area contributed by atoms with Crippen molar-refractivity contribution in [2.24, 2.45) is 0 Å². The molecule has 4 nitrogen and oxygen atoms in total. The number of carbonyl (C=O) groups excluding carboxylic acids is 2. The van der Waals surface area contributed by atoms with Gasteiger partial charge in [0.05, 0.1) is 5.56 Å². The SMILES string of the molecule is O=C(NC(Cc1ccccc1)C(=O)Nc1ccc(C(F)(F)F)cc1)c1ccccc1. The van der Waals surface area contributed by atoms with Gasteiger partial charge in [0.25, 0.3) is 5.91 Å². The summed E-state index contributed by atoms with van der Waals surface area (Å²) in [6.45, 7) is 0. The molecule has 0 spiro atoms. The number of hydrogen-bond donors (Lipinski definition) is 2. The number of rotatable bonds is 6. The number of amides is 2. The van der Waals surface area contributed by atoms with Crippen molar-refractivity contribution >= 4 is 17.5 Å². The molecule has 1 unspecified atom stereocenters. The van der Waals surface area contributed by atoms with Gasteiger partial charge in [-0.25, -0.2) is 0 Å². The van der Waals surface area contributed by atoms with Crippen LogP contribution in [0, 0.1) is 0 Å². The second-order valence-electron chi connectivity index (χ2n) is 6.65. The molecule has 0 aliphatic heterocycles. The average molecular weight is 412 g/mol. The molecule has 0 bridgehead atoms. The molecular formula is C23H19F3N2O2. The van der Waals surface area contributed by atoms with E-state index in [1.54, 1.807) is 30.3 Å². The second kappa shape index (κ2) is 9.26. The molecule has 0 fully saturated rings. The summed E-state index contributed by atoms with van der Waals surface area (Å²) in [7, 11) is 0. The van der Waals surface area contributed by atoms with Crippen LogP contribution in [-0.2, 0) is 17.4 Å². The van der Waals surface area contributed by atoms with E-state index in [0.29, 0.717) is 5.56 Å². The first-order chi connectivity index (χ1) is 14.3. The van der Waals surface area contributed by atoms with E-state index in [4.69, 9.17) is 0 Å². The number of benzene rings is 3. The molecular weight excluding hydrogens is 393 g/mol. The number of alkyl halides is 3. The Kier molecular flexibility index (Phi) is 6.51. The van der Waals surface area contributed by atoms with Crippen molar-refractivity contribution in [3.05, 3.63) is 102 Å². The van der Waals surface area contributed by atoms with Crippen LogP contribution in [-0.4, -0.2) is 17.9 Å². The smallest absolute Gasteiger partial charge is 0.340 e. The zero-order valence-corrected chi connectivity index (χ0v) is 15.8. The summed E-state index contributed by atoms with van der Waals surface area (Å²) in [5.41, 5.74) is 0.634. The van der Waals surface area contributed by atoms with Crippen molar-refractivity contribution < 1.29 is 22.8 Å². The van der Waals surface area contributed by atoms with Gasteiger partial charge in [0, 0.05) is 17.7 Å². The Morgan fingerprint density at radius 3 is 1.93 bits per heavy atom. The molecule has 2 amide bonds. The lowest BCUT2D eigenvalue weighted by Crippen LogP contribution is -2.45. The van der Waals surface area contributed by atoms with Crippen LogP contribution in [0.25, 0.3) is 0 Å². The summed E-state index contributed by atoms with van der Waals surface area (Å²) in [6, 6.07) is 20.8. The second-order valence-corrected chi connectivity index (χ2v) is 6.65. The largest absolute Gasteiger partial charge is 0.416 e. The predicted molar refractivity (Wildman–Crippen MR) is 108 cm³/mol. The Hall–Kier alpha value is -3.61. The highest BCUT2D eigenvalue weighted by atomic mass is 19.4. The van der Waals surface area contributed by atoms with Crippen molar-refractivity contribution in [1.82, 2.24) is 5.32 Å². The summed E-state index contributed by atoms with van der Waals surface area (Å²) < 4.78 is 38.2. The molecule has 0 heterocycles. The van der Waals surface area contributed by atoms with Crippen LogP contribution in [0.3, 0.4) is 0 Å². The summed E-state index contributed by atoms with van der Waals surface area (Å²) in [4.78, 5) is 25.4. The van der Waals surface area contributed by atoms with E-state index < -0.39 is 29.6 Å². The van der Waals surface area contributed by atoms with Crippen molar-refractivity contribution in [3.63, 3.8) is 0 Å². The number of hydrogen-bond acceptors (Lipinski definition) is 2. The molecule has 0 aliphatic rings. The van der Waals surface area contributed by atoms with E-state index >= 15 is 0 Å². The van der Waals surface area contributed by atoms with Crippen molar-refractivity contribution in [3.8, 4) is 0 Å². The Labute approximate surface area is 171 Å². The molecule has 2 N–H and O–H groups in total. The molecule has 0 saturated carbocycles. The summed E-state index contributed by atoms with van der Waals surface area (Å²) in [5, 5.41) is 5.28. The van der Waals surface area contributed by atoms with Crippen LogP contribution in [0.4, 0.5) is 18.9 Å². The molecule has 3 rings (SSSR count). The molecule has 3 aromatic rings. The fraction of sp³-hybridized carbons (Fsp3) is 0.130. The van der Waals surface area contributed by atoms with Gasteiger partial charge in [-0.1, -0.05) is 48.5 Å². The maximum Gasteiger partial charge on any atom is 0.416 e. The van der Waals surface area contributed by atoms with Crippen LogP contribution in [0.15, 0.2) is 84.9 Å². The zero-order valence-electron chi connectivity index (χ0n) is 15.8. The highest BCUT2D eigenvalue weighted by Gasteiger charge is 2.30. The van der Waals surface area contributed by atoms with E-state index in [9.17, 15) is 22.8 Å². The third-order valence-corrected chi connectivity index (χ3v) is 4.42. The maximum absolute atomic E-state index is 12.8. The van der Waals surface area contributed by atoms with E-state index in [-0.39, 0.29) is 12.1 Å². The third-order valence-electron chi connectivity index (χ3n) is 4.42. The van der Waals surface area contributed by atoms with Gasteiger partial charge in [-0.05, 0) is 42.0 Å². The number of anilines is 1. The van der Waals surface area contributed by atoms with E-state index in [1.165, 1.54) is 12.1 Å². The minimum Gasteiger partial charge on any atom is -0.340 e. The summed E-state index contributed by atoms with van der Waals surface area (Å²) in [5.74, 6) is -0.943. The lowest BCUT2D eigenvalue weighted by Gasteiger charge is -2.19. The van der Waals surface area contributed by atoms with E-state index in [0.717, 1.165) is 17.7 Å². The lowest BCUT2D eigenvalue weighted by molar-refractivity contribution is -0.137. The fourth-order valence-corrected chi connectivity index (χ4v) is 2.86. The topological polar surface area (TPSA) is 58.2 Å². The Bertz CT molecular complexity index is 988. The first kappa shape index (κ1) is 21.1. The van der Waals surface area contributed by atoms with Gasteiger partial charge in [0.15, 0.2) is 0 Å². The van der Waals surface area contributed by atoms with Gasteiger partial charge >= 0.3 is 6.18 Å². The van der Waals surface area contributed by atoms with Gasteiger partial charge in [-0.3, -0.25) is 9.59 Å². The Balaban J connectivity index is 1.76. The van der Waals surface area contributed by atoms with Crippen molar-refractivity contribution in [2.45, 2.75) is 18.6 Å². The van der Waals surface area contributed by atoms with Gasteiger partial charge in [0.1, 0.15) is 6.04 Å². The molecule has 1 atom stereocenters. The van der Waals surface area contributed by atoms with Crippen molar-refractivity contribution in [2.75, 3.05) is 5.32 Å². The molecule has 0 aromatic heterocycles. The van der Waals surface area contributed by atoms with Crippen LogP contribution in [0.1, 0.15) is 21.5 Å². The molecule has 0 aliphatic carbocycles. The average Bonchev–Trinajstić information content (AvgIpc) is 2.74. The minimum atomic E-state index is -4.46. The Morgan fingerprint density at radius 1 is 0.800 bits per heavy atom. The van der Waals surface area contributed by atoms with E-state index in [1.807, 2.05) is 30.3 Å². The number of carbonyl (C=O) groups is 2. The quantitative estimate of drug-likeness (QED) is 0.617.